The zero-order chi connectivity index (χ0) is 18.8. The molecule has 0 spiro atoms. The number of hydrogen-bond acceptors (Lipinski definition) is 2. The number of hydrogen-bond donors (Lipinski definition) is 2. The molecule has 2 rings (SSSR count). The molecular formula is C21H30FIN4. The minimum atomic E-state index is -0.194. The van der Waals surface area contributed by atoms with E-state index < -0.39 is 0 Å². The van der Waals surface area contributed by atoms with Crippen LogP contribution in [0.4, 0.5) is 4.39 Å². The summed E-state index contributed by atoms with van der Waals surface area (Å²) in [6.07, 6.45) is 0.750. The van der Waals surface area contributed by atoms with Crippen LogP contribution in [0, 0.1) is 5.82 Å². The third-order valence-corrected chi connectivity index (χ3v) is 3.85. The van der Waals surface area contributed by atoms with Crippen LogP contribution in [0.3, 0.4) is 0 Å². The molecule has 27 heavy (non-hydrogen) atoms. The molecule has 0 bridgehead atoms. The van der Waals surface area contributed by atoms with Crippen molar-refractivity contribution in [1.82, 2.24) is 15.5 Å². The standard InChI is InChI=1S/C21H29FN4.HI/c1-4-23-21(24-12-11-17-7-6-10-20(22)14-17)25-15-18-8-5-9-19(13-18)16-26(2)3;/h5-10,13-14H,4,11-12,15-16H2,1-3H3,(H2,23,24,25);1H. The maximum absolute atomic E-state index is 13.2. The summed E-state index contributed by atoms with van der Waals surface area (Å²) in [6, 6.07) is 15.2. The second-order valence-corrected chi connectivity index (χ2v) is 6.56. The fourth-order valence-corrected chi connectivity index (χ4v) is 2.72. The van der Waals surface area contributed by atoms with Gasteiger partial charge in [0.1, 0.15) is 5.82 Å². The Kier molecular flexibility index (Phi) is 11.0. The van der Waals surface area contributed by atoms with Gasteiger partial charge < -0.3 is 15.5 Å². The molecule has 0 aliphatic rings. The first-order chi connectivity index (χ1) is 12.6. The van der Waals surface area contributed by atoms with Crippen molar-refractivity contribution in [2.75, 3.05) is 27.2 Å². The first-order valence-electron chi connectivity index (χ1n) is 9.06. The van der Waals surface area contributed by atoms with Crippen LogP contribution in [0.15, 0.2) is 53.5 Å². The zero-order valence-corrected chi connectivity index (χ0v) is 18.7. The van der Waals surface area contributed by atoms with Gasteiger partial charge in [0.15, 0.2) is 5.96 Å². The van der Waals surface area contributed by atoms with Crippen molar-refractivity contribution in [3.05, 3.63) is 71.0 Å². The summed E-state index contributed by atoms with van der Waals surface area (Å²) in [5.41, 5.74) is 3.45. The fourth-order valence-electron chi connectivity index (χ4n) is 2.72. The number of nitrogens with one attached hydrogen (secondary N) is 2. The van der Waals surface area contributed by atoms with E-state index in [2.05, 4.69) is 58.9 Å². The summed E-state index contributed by atoms with van der Waals surface area (Å²) in [4.78, 5) is 6.81. The van der Waals surface area contributed by atoms with Gasteiger partial charge in [-0.3, -0.25) is 0 Å². The van der Waals surface area contributed by atoms with Crippen LogP contribution in [-0.2, 0) is 19.5 Å². The summed E-state index contributed by atoms with van der Waals surface area (Å²) >= 11 is 0. The lowest BCUT2D eigenvalue weighted by Gasteiger charge is -2.12. The van der Waals surface area contributed by atoms with Gasteiger partial charge in [-0.1, -0.05) is 36.4 Å². The normalized spacial score (nSPS) is 11.2. The van der Waals surface area contributed by atoms with Crippen molar-refractivity contribution >= 4 is 29.9 Å². The minimum absolute atomic E-state index is 0. The van der Waals surface area contributed by atoms with E-state index in [1.165, 1.54) is 17.2 Å². The van der Waals surface area contributed by atoms with Gasteiger partial charge in [-0.2, -0.15) is 0 Å². The number of halogens is 2. The molecule has 2 aromatic rings. The zero-order valence-electron chi connectivity index (χ0n) is 16.3. The van der Waals surface area contributed by atoms with Crippen LogP contribution < -0.4 is 10.6 Å². The van der Waals surface area contributed by atoms with E-state index in [0.717, 1.165) is 31.0 Å². The van der Waals surface area contributed by atoms with Gasteiger partial charge in [-0.05, 0) is 56.3 Å². The highest BCUT2D eigenvalue weighted by Crippen LogP contribution is 2.08. The van der Waals surface area contributed by atoms with E-state index in [-0.39, 0.29) is 29.8 Å². The predicted molar refractivity (Wildman–Crippen MR) is 122 cm³/mol. The van der Waals surface area contributed by atoms with Crippen LogP contribution in [0.1, 0.15) is 23.6 Å². The van der Waals surface area contributed by atoms with Crippen molar-refractivity contribution < 1.29 is 4.39 Å². The molecule has 0 fully saturated rings. The van der Waals surface area contributed by atoms with Crippen molar-refractivity contribution in [3.63, 3.8) is 0 Å². The molecule has 2 N–H and O–H groups in total. The molecule has 0 aromatic heterocycles. The van der Waals surface area contributed by atoms with Gasteiger partial charge in [0.2, 0.25) is 0 Å². The van der Waals surface area contributed by atoms with Gasteiger partial charge in [-0.25, -0.2) is 9.38 Å². The lowest BCUT2D eigenvalue weighted by Crippen LogP contribution is -2.38. The molecule has 2 aromatic carbocycles. The van der Waals surface area contributed by atoms with Crippen LogP contribution >= 0.6 is 24.0 Å². The number of guanidine groups is 1. The lowest BCUT2D eigenvalue weighted by molar-refractivity contribution is 0.402. The summed E-state index contributed by atoms with van der Waals surface area (Å²) in [6.45, 7) is 5.09. The molecule has 0 saturated carbocycles. The maximum Gasteiger partial charge on any atom is 0.191 e. The molecule has 4 nitrogen and oxygen atoms in total. The van der Waals surface area contributed by atoms with Gasteiger partial charge >= 0.3 is 0 Å². The van der Waals surface area contributed by atoms with E-state index in [1.807, 2.05) is 13.0 Å². The van der Waals surface area contributed by atoms with E-state index >= 15 is 0 Å². The Morgan fingerprint density at radius 3 is 2.41 bits per heavy atom. The predicted octanol–water partition coefficient (Wildman–Crippen LogP) is 3.80. The number of nitrogens with zero attached hydrogens (tertiary/aromatic N) is 2. The maximum atomic E-state index is 13.2. The van der Waals surface area contributed by atoms with Crippen LogP contribution in [-0.4, -0.2) is 38.0 Å². The van der Waals surface area contributed by atoms with Crippen molar-refractivity contribution in [3.8, 4) is 0 Å². The van der Waals surface area contributed by atoms with Gasteiger partial charge in [-0.15, -0.1) is 24.0 Å². The van der Waals surface area contributed by atoms with E-state index in [0.29, 0.717) is 13.1 Å². The summed E-state index contributed by atoms with van der Waals surface area (Å²) < 4.78 is 13.2. The highest BCUT2D eigenvalue weighted by molar-refractivity contribution is 14.0. The molecule has 0 amide bonds. The van der Waals surface area contributed by atoms with Crippen LogP contribution in [0.5, 0.6) is 0 Å². The quantitative estimate of drug-likeness (QED) is 0.340. The first kappa shape index (κ1) is 23.4. The fraction of sp³-hybridized carbons (Fsp3) is 0.381. The molecule has 0 heterocycles. The number of aliphatic imine (C=N–C) groups is 1. The average Bonchev–Trinajstić information content (AvgIpc) is 2.59. The Hall–Kier alpha value is -1.67. The second-order valence-electron chi connectivity index (χ2n) is 6.56. The molecular weight excluding hydrogens is 454 g/mol. The molecule has 0 atom stereocenters. The molecule has 148 valence electrons. The van der Waals surface area contributed by atoms with Crippen molar-refractivity contribution in [2.24, 2.45) is 4.99 Å². The van der Waals surface area contributed by atoms with E-state index in [1.54, 1.807) is 12.1 Å². The Morgan fingerprint density at radius 2 is 1.70 bits per heavy atom. The van der Waals surface area contributed by atoms with Crippen LogP contribution in [0.25, 0.3) is 0 Å². The molecule has 6 heteroatoms. The SMILES string of the molecule is CCNC(=NCc1cccc(CN(C)C)c1)NCCc1cccc(F)c1.I. The largest absolute Gasteiger partial charge is 0.357 e. The van der Waals surface area contributed by atoms with Gasteiger partial charge in [0.25, 0.3) is 0 Å². The molecule has 0 aliphatic carbocycles. The Labute approximate surface area is 179 Å². The Morgan fingerprint density at radius 1 is 1.00 bits per heavy atom. The van der Waals surface area contributed by atoms with Crippen LogP contribution in [0.2, 0.25) is 0 Å². The second kappa shape index (κ2) is 12.7. The topological polar surface area (TPSA) is 39.7 Å². The van der Waals surface area contributed by atoms with Gasteiger partial charge in [0.05, 0.1) is 6.54 Å². The van der Waals surface area contributed by atoms with E-state index in [4.69, 9.17) is 0 Å². The summed E-state index contributed by atoms with van der Waals surface area (Å²) in [7, 11) is 4.13. The Balaban J connectivity index is 0.00000364. The molecule has 0 radical (unpaired) electrons. The van der Waals surface area contributed by atoms with E-state index in [9.17, 15) is 4.39 Å². The summed E-state index contributed by atoms with van der Waals surface area (Å²) in [5.74, 6) is 0.586. The van der Waals surface area contributed by atoms with Crippen molar-refractivity contribution in [1.29, 1.82) is 0 Å². The highest BCUT2D eigenvalue weighted by Gasteiger charge is 2.01. The third-order valence-electron chi connectivity index (χ3n) is 3.85. The number of rotatable bonds is 8. The molecule has 0 unspecified atom stereocenters. The third kappa shape index (κ3) is 9.19. The van der Waals surface area contributed by atoms with Crippen molar-refractivity contribution in [2.45, 2.75) is 26.4 Å². The lowest BCUT2D eigenvalue weighted by atomic mass is 10.1. The monoisotopic (exact) mass is 484 g/mol. The highest BCUT2D eigenvalue weighted by atomic mass is 127. The molecule has 0 aliphatic heterocycles. The average molecular weight is 484 g/mol. The van der Waals surface area contributed by atoms with Gasteiger partial charge in [0, 0.05) is 19.6 Å². The first-order valence-corrected chi connectivity index (χ1v) is 9.06. The minimum Gasteiger partial charge on any atom is -0.357 e. The molecule has 0 saturated heterocycles. The Bertz CT molecular complexity index is 719. The smallest absolute Gasteiger partial charge is 0.191 e. The number of benzene rings is 2. The summed E-state index contributed by atoms with van der Waals surface area (Å²) in [5, 5.41) is 6.57.